The summed E-state index contributed by atoms with van der Waals surface area (Å²) < 4.78 is 21.7. The minimum absolute atomic E-state index is 0.0790. The van der Waals surface area contributed by atoms with Crippen molar-refractivity contribution in [3.05, 3.63) is 0 Å². The van der Waals surface area contributed by atoms with E-state index in [-0.39, 0.29) is 37.7 Å². The van der Waals surface area contributed by atoms with Crippen LogP contribution in [0, 0.1) is 0 Å². The number of hydrogen-bond acceptors (Lipinski definition) is 15. The van der Waals surface area contributed by atoms with Crippen LogP contribution in [0.25, 0.3) is 0 Å². The van der Waals surface area contributed by atoms with E-state index in [1.807, 2.05) is 6.92 Å². The van der Waals surface area contributed by atoms with Crippen LogP contribution in [0.1, 0.15) is 142 Å². The largest absolute Gasteiger partial charge is 0.378 e. The fraction of sp³-hybridized carbons (Fsp3) is 0.929. The van der Waals surface area contributed by atoms with E-state index >= 15 is 0 Å². The number of aliphatic hydroxyl groups excluding tert-OH is 3. The monoisotopic (exact) mass is 852 g/mol. The van der Waals surface area contributed by atoms with Gasteiger partial charge in [0.25, 0.3) is 0 Å². The molecule has 11 N–H and O–H groups in total. The van der Waals surface area contributed by atoms with E-state index in [9.17, 15) is 29.7 Å². The van der Waals surface area contributed by atoms with E-state index in [0.717, 1.165) is 51.2 Å². The maximum absolute atomic E-state index is 12.4. The number of aliphatic hydroxyl groups is 5. The molecule has 0 radical (unpaired) electrons. The number of carbonyl (C=O) groups is 3. The van der Waals surface area contributed by atoms with Crippen molar-refractivity contribution in [1.29, 1.82) is 0 Å². The van der Waals surface area contributed by atoms with Crippen LogP contribution in [0.2, 0.25) is 0 Å². The summed E-state index contributed by atoms with van der Waals surface area (Å²) in [5, 5.41) is 58.9. The van der Waals surface area contributed by atoms with Crippen molar-refractivity contribution in [3.8, 4) is 0 Å². The first-order valence-electron chi connectivity index (χ1n) is 22.5. The highest BCUT2D eigenvalue weighted by atomic mass is 16.5. The quantitative estimate of drug-likeness (QED) is 0.0238. The van der Waals surface area contributed by atoms with Gasteiger partial charge >= 0.3 is 0 Å². The van der Waals surface area contributed by atoms with Gasteiger partial charge in [-0.15, -0.1) is 0 Å². The molecular weight excluding hydrogens is 766 g/mol. The lowest BCUT2D eigenvalue weighted by Crippen LogP contribution is -2.44. The summed E-state index contributed by atoms with van der Waals surface area (Å²) in [5.41, 5.74) is 5.53. The van der Waals surface area contributed by atoms with E-state index < -0.39 is 30.9 Å². The van der Waals surface area contributed by atoms with Crippen LogP contribution < -0.4 is 27.0 Å². The molecule has 0 aliphatic heterocycles. The molecule has 4 atom stereocenters. The highest BCUT2D eigenvalue weighted by Crippen LogP contribution is 2.14. The highest BCUT2D eigenvalue weighted by Gasteiger charge is 2.20. The van der Waals surface area contributed by atoms with Gasteiger partial charge in [-0.3, -0.25) is 14.9 Å². The van der Waals surface area contributed by atoms with Crippen LogP contribution in [0.3, 0.4) is 0 Å². The molecule has 0 spiro atoms. The van der Waals surface area contributed by atoms with Crippen molar-refractivity contribution in [3.63, 3.8) is 0 Å². The minimum atomic E-state index is -1.62. The van der Waals surface area contributed by atoms with Gasteiger partial charge in [0.2, 0.25) is 11.8 Å². The Kier molecular flexibility index (Phi) is 41.4. The Bertz CT molecular complexity index is 956. The summed E-state index contributed by atoms with van der Waals surface area (Å²) in [4.78, 5) is 34.9. The molecule has 2 unspecified atom stereocenters. The Morgan fingerprint density at radius 3 is 1.71 bits per heavy atom. The minimum Gasteiger partial charge on any atom is -0.378 e. The zero-order chi connectivity index (χ0) is 43.6. The van der Waals surface area contributed by atoms with Crippen molar-refractivity contribution >= 4 is 18.1 Å². The summed E-state index contributed by atoms with van der Waals surface area (Å²) in [7, 11) is 0. The molecule has 0 aromatic rings. The lowest BCUT2D eigenvalue weighted by atomic mass is 10.0. The van der Waals surface area contributed by atoms with Crippen LogP contribution >= 0.6 is 0 Å². The van der Waals surface area contributed by atoms with Crippen molar-refractivity contribution in [2.45, 2.75) is 179 Å². The van der Waals surface area contributed by atoms with Gasteiger partial charge in [0.05, 0.1) is 58.3 Å². The van der Waals surface area contributed by atoms with Gasteiger partial charge in [-0.2, -0.15) is 0 Å². The lowest BCUT2D eigenvalue weighted by molar-refractivity contribution is -0.127. The van der Waals surface area contributed by atoms with Gasteiger partial charge in [-0.05, 0) is 58.4 Å². The lowest BCUT2D eigenvalue weighted by Gasteiger charge is -2.22. The first-order valence-corrected chi connectivity index (χ1v) is 22.5. The van der Waals surface area contributed by atoms with Crippen molar-refractivity contribution in [2.75, 3.05) is 72.5 Å². The number of nitrogens with one attached hydrogen (secondary N) is 4. The molecular formula is C42H85N5O12. The molecule has 17 nitrogen and oxygen atoms in total. The summed E-state index contributed by atoms with van der Waals surface area (Å²) in [5.74, 6) is -0.410. The SMILES string of the molecule is CC(CC[C@H](NC(=O)CCCCCCCCCCCCCCCCC(O)O)C(O)O)NCCOCCOCC(=O)NCCOCCOCC(O)NCCCC[C@H](N)C=O. The van der Waals surface area contributed by atoms with Crippen LogP contribution in [-0.2, 0) is 33.3 Å². The number of amides is 2. The molecule has 0 rings (SSSR count). The van der Waals surface area contributed by atoms with Gasteiger partial charge in [-0.25, -0.2) is 0 Å². The van der Waals surface area contributed by atoms with Gasteiger partial charge < -0.3 is 71.0 Å². The molecule has 0 heterocycles. The van der Waals surface area contributed by atoms with Crippen molar-refractivity contribution < 1.29 is 58.9 Å². The molecule has 0 bridgehead atoms. The second-order valence-corrected chi connectivity index (χ2v) is 15.5. The van der Waals surface area contributed by atoms with Crippen LogP contribution in [0.5, 0.6) is 0 Å². The molecule has 0 aromatic carbocycles. The number of hydrogen-bond donors (Lipinski definition) is 10. The summed E-state index contributed by atoms with van der Waals surface area (Å²) in [6, 6.07) is -1.07. The molecule has 59 heavy (non-hydrogen) atoms. The fourth-order valence-electron chi connectivity index (χ4n) is 6.23. The van der Waals surface area contributed by atoms with E-state index in [2.05, 4.69) is 21.3 Å². The Morgan fingerprint density at radius 2 is 1.12 bits per heavy atom. The van der Waals surface area contributed by atoms with Crippen molar-refractivity contribution in [2.24, 2.45) is 5.73 Å². The van der Waals surface area contributed by atoms with E-state index in [4.69, 9.17) is 34.9 Å². The predicted octanol–water partition coefficient (Wildman–Crippen LogP) is 1.88. The average molecular weight is 852 g/mol. The number of carbonyl (C=O) groups excluding carboxylic acids is 3. The van der Waals surface area contributed by atoms with E-state index in [1.165, 1.54) is 57.8 Å². The van der Waals surface area contributed by atoms with Gasteiger partial charge in [0.1, 0.15) is 19.1 Å². The number of unbranched alkanes of at least 4 members (excludes halogenated alkanes) is 14. The zero-order valence-electron chi connectivity index (χ0n) is 36.3. The molecule has 350 valence electrons. The third-order valence-electron chi connectivity index (χ3n) is 9.81. The van der Waals surface area contributed by atoms with Crippen LogP contribution in [-0.4, -0.2) is 153 Å². The molecule has 17 heteroatoms. The predicted molar refractivity (Wildman–Crippen MR) is 227 cm³/mol. The normalized spacial score (nSPS) is 13.8. The number of nitrogens with two attached hydrogens (primary N) is 1. The zero-order valence-corrected chi connectivity index (χ0v) is 36.3. The standard InChI is InChI=1S/C42H85N5O12/c1-35(21-22-37(42(54)55)47-38(49)19-14-12-10-8-6-4-2-3-5-7-9-11-13-15-20-41(52)53)44-24-26-56-28-30-59-34-40(51)46-25-27-57-29-31-58-33-39(50)45-23-17-16-18-36(43)32-48/h32,35-37,39,41-42,44-45,50,52-55H,2-31,33-34,43H2,1H3,(H,46,51)(H,47,49)/t35?,36-,37-,39?/m0/s1. The number of aldehydes is 1. The summed E-state index contributed by atoms with van der Waals surface area (Å²) >= 11 is 0. The highest BCUT2D eigenvalue weighted by molar-refractivity contribution is 5.77. The third-order valence-corrected chi connectivity index (χ3v) is 9.81. The second kappa shape index (κ2) is 42.8. The van der Waals surface area contributed by atoms with Gasteiger partial charge in [0, 0.05) is 25.6 Å². The first-order chi connectivity index (χ1) is 28.5. The maximum atomic E-state index is 12.4. The average Bonchev–Trinajstić information content (AvgIpc) is 3.20. The Labute approximate surface area is 354 Å². The molecule has 2 amide bonds. The van der Waals surface area contributed by atoms with E-state index in [1.54, 1.807) is 0 Å². The first kappa shape index (κ1) is 57.1. The van der Waals surface area contributed by atoms with Crippen molar-refractivity contribution in [1.82, 2.24) is 21.3 Å². The van der Waals surface area contributed by atoms with E-state index in [0.29, 0.717) is 84.8 Å². The van der Waals surface area contributed by atoms with Gasteiger partial charge in [0.15, 0.2) is 12.6 Å². The number of ether oxygens (including phenoxy) is 4. The summed E-state index contributed by atoms with van der Waals surface area (Å²) in [6.07, 6.45) is 17.3. The second-order valence-electron chi connectivity index (χ2n) is 15.5. The molecule has 0 saturated carbocycles. The van der Waals surface area contributed by atoms with Crippen LogP contribution in [0.15, 0.2) is 0 Å². The maximum Gasteiger partial charge on any atom is 0.246 e. The Hall–Kier alpha value is -1.87. The van der Waals surface area contributed by atoms with Gasteiger partial charge in [-0.1, -0.05) is 83.5 Å². The molecule has 0 aliphatic carbocycles. The molecule has 0 aliphatic rings. The Balaban J connectivity index is 3.63. The third kappa shape index (κ3) is 42.6. The summed E-state index contributed by atoms with van der Waals surface area (Å²) in [6.45, 7) is 5.54. The topological polar surface area (TPSA) is 263 Å². The smallest absolute Gasteiger partial charge is 0.246 e. The number of rotatable bonds is 46. The van der Waals surface area contributed by atoms with Crippen LogP contribution in [0.4, 0.5) is 0 Å². The molecule has 0 aromatic heterocycles. The molecule has 0 saturated heterocycles. The fourth-order valence-corrected chi connectivity index (χ4v) is 6.23. The Morgan fingerprint density at radius 1 is 0.576 bits per heavy atom. The molecule has 0 fully saturated rings.